The number of aromatic nitrogens is 1. The minimum absolute atomic E-state index is 0.189. The standard InChI is InChI=1S/C16H16FNO2/c1-10-8-12-13(4-3-5-15(12)19)18(10)14-7-6-11(17)9-16(14)20-2/h6-9H,3-5H2,1-2H3. The summed E-state index contributed by atoms with van der Waals surface area (Å²) in [5, 5.41) is 0. The van der Waals surface area contributed by atoms with E-state index in [1.54, 1.807) is 6.07 Å². The second-order valence-corrected chi connectivity index (χ2v) is 5.07. The highest BCUT2D eigenvalue weighted by atomic mass is 19.1. The van der Waals surface area contributed by atoms with Crippen molar-refractivity contribution in [3.05, 3.63) is 47.0 Å². The Morgan fingerprint density at radius 1 is 1.25 bits per heavy atom. The van der Waals surface area contributed by atoms with Crippen LogP contribution < -0.4 is 4.74 Å². The molecule has 0 spiro atoms. The van der Waals surface area contributed by atoms with Crippen molar-refractivity contribution in [2.45, 2.75) is 26.2 Å². The molecule has 0 fully saturated rings. The zero-order valence-electron chi connectivity index (χ0n) is 11.6. The summed E-state index contributed by atoms with van der Waals surface area (Å²) in [6.45, 7) is 1.95. The van der Waals surface area contributed by atoms with Crippen molar-refractivity contribution in [2.24, 2.45) is 0 Å². The second-order valence-electron chi connectivity index (χ2n) is 5.07. The quantitative estimate of drug-likeness (QED) is 0.839. The fourth-order valence-corrected chi connectivity index (χ4v) is 2.90. The molecule has 0 radical (unpaired) electrons. The SMILES string of the molecule is COc1cc(F)ccc1-n1c(C)cc2c1CCCC2=O. The molecule has 1 aromatic carbocycles. The lowest BCUT2D eigenvalue weighted by Crippen LogP contribution is -2.13. The number of carbonyl (C=O) groups excluding carboxylic acids is 1. The first-order valence-electron chi connectivity index (χ1n) is 6.70. The Balaban J connectivity index is 2.23. The zero-order valence-corrected chi connectivity index (χ0v) is 11.6. The van der Waals surface area contributed by atoms with Crippen molar-refractivity contribution in [1.82, 2.24) is 4.57 Å². The highest BCUT2D eigenvalue weighted by Crippen LogP contribution is 2.32. The van der Waals surface area contributed by atoms with Crippen molar-refractivity contribution < 1.29 is 13.9 Å². The predicted molar refractivity (Wildman–Crippen MR) is 74.3 cm³/mol. The maximum atomic E-state index is 13.3. The van der Waals surface area contributed by atoms with Crippen LogP contribution in [0.5, 0.6) is 5.75 Å². The fraction of sp³-hybridized carbons (Fsp3) is 0.312. The van der Waals surface area contributed by atoms with E-state index in [0.717, 1.165) is 35.5 Å². The molecule has 0 saturated heterocycles. The van der Waals surface area contributed by atoms with Gasteiger partial charge in [0.25, 0.3) is 0 Å². The Morgan fingerprint density at radius 3 is 2.80 bits per heavy atom. The molecule has 0 aliphatic heterocycles. The minimum Gasteiger partial charge on any atom is -0.494 e. The monoisotopic (exact) mass is 273 g/mol. The van der Waals surface area contributed by atoms with Crippen molar-refractivity contribution >= 4 is 5.78 Å². The number of rotatable bonds is 2. The highest BCUT2D eigenvalue weighted by molar-refractivity contribution is 5.98. The fourth-order valence-electron chi connectivity index (χ4n) is 2.90. The average molecular weight is 273 g/mol. The second kappa shape index (κ2) is 4.78. The van der Waals surface area contributed by atoms with E-state index in [1.165, 1.54) is 19.2 Å². The van der Waals surface area contributed by atoms with Gasteiger partial charge in [0.15, 0.2) is 5.78 Å². The molecule has 0 N–H and O–H groups in total. The molecule has 0 unspecified atom stereocenters. The normalized spacial score (nSPS) is 14.2. The molecule has 3 nitrogen and oxygen atoms in total. The van der Waals surface area contributed by atoms with E-state index in [9.17, 15) is 9.18 Å². The number of carbonyl (C=O) groups is 1. The number of benzene rings is 1. The number of Topliss-reactive ketones (excluding diaryl/α,β-unsaturated/α-hetero) is 1. The Hall–Kier alpha value is -2.10. The Labute approximate surface area is 117 Å². The van der Waals surface area contributed by atoms with E-state index in [4.69, 9.17) is 4.74 Å². The molecule has 104 valence electrons. The summed E-state index contributed by atoms with van der Waals surface area (Å²) in [5.74, 6) is 0.332. The number of hydrogen-bond donors (Lipinski definition) is 0. The summed E-state index contributed by atoms with van der Waals surface area (Å²) in [6, 6.07) is 6.39. The topological polar surface area (TPSA) is 31.2 Å². The van der Waals surface area contributed by atoms with Gasteiger partial charge < -0.3 is 9.30 Å². The number of ether oxygens (including phenoxy) is 1. The lowest BCUT2D eigenvalue weighted by Gasteiger charge is -2.18. The van der Waals surface area contributed by atoms with Gasteiger partial charge in [0.2, 0.25) is 0 Å². The molecule has 3 rings (SSSR count). The van der Waals surface area contributed by atoms with Crippen molar-refractivity contribution in [3.63, 3.8) is 0 Å². The molecule has 20 heavy (non-hydrogen) atoms. The van der Waals surface area contributed by atoms with Gasteiger partial charge in [-0.25, -0.2) is 4.39 Å². The number of ketones is 1. The van der Waals surface area contributed by atoms with Crippen molar-refractivity contribution in [3.8, 4) is 11.4 Å². The van der Waals surface area contributed by atoms with Crippen LogP contribution in [0, 0.1) is 12.7 Å². The molecular formula is C16H16FNO2. The van der Waals surface area contributed by atoms with Gasteiger partial charge in [-0.3, -0.25) is 4.79 Å². The van der Waals surface area contributed by atoms with Crippen LogP contribution in [0.1, 0.15) is 34.6 Å². The highest BCUT2D eigenvalue weighted by Gasteiger charge is 2.24. The van der Waals surface area contributed by atoms with Gasteiger partial charge in [-0.15, -0.1) is 0 Å². The Bertz CT molecular complexity index is 688. The largest absolute Gasteiger partial charge is 0.494 e. The van der Waals surface area contributed by atoms with Gasteiger partial charge >= 0.3 is 0 Å². The number of methoxy groups -OCH3 is 1. The van der Waals surface area contributed by atoms with Crippen LogP contribution in [0.2, 0.25) is 0 Å². The minimum atomic E-state index is -0.333. The average Bonchev–Trinajstić information content (AvgIpc) is 2.77. The first-order chi connectivity index (χ1) is 9.61. The lowest BCUT2D eigenvalue weighted by molar-refractivity contribution is 0.0972. The predicted octanol–water partition coefficient (Wildman–Crippen LogP) is 3.45. The van der Waals surface area contributed by atoms with Crippen LogP contribution in [0.3, 0.4) is 0 Å². The van der Waals surface area contributed by atoms with Gasteiger partial charge in [-0.2, -0.15) is 0 Å². The van der Waals surface area contributed by atoms with E-state index in [2.05, 4.69) is 0 Å². The van der Waals surface area contributed by atoms with E-state index in [0.29, 0.717) is 12.2 Å². The van der Waals surface area contributed by atoms with Crippen molar-refractivity contribution in [2.75, 3.05) is 7.11 Å². The summed E-state index contributed by atoms with van der Waals surface area (Å²) in [4.78, 5) is 12.0. The third-order valence-corrected chi connectivity index (χ3v) is 3.79. The molecule has 0 amide bonds. The molecule has 1 heterocycles. The molecule has 1 aliphatic carbocycles. The lowest BCUT2D eigenvalue weighted by atomic mass is 9.96. The van der Waals surface area contributed by atoms with Gasteiger partial charge in [0.1, 0.15) is 11.6 Å². The zero-order chi connectivity index (χ0) is 14.3. The third-order valence-electron chi connectivity index (χ3n) is 3.79. The molecule has 0 atom stereocenters. The summed E-state index contributed by atoms with van der Waals surface area (Å²) in [5.41, 5.74) is 3.54. The van der Waals surface area contributed by atoms with E-state index < -0.39 is 0 Å². The Kier molecular flexibility index (Phi) is 3.08. The van der Waals surface area contributed by atoms with Crippen LogP contribution in [-0.4, -0.2) is 17.5 Å². The molecular weight excluding hydrogens is 257 g/mol. The molecule has 4 heteroatoms. The van der Waals surface area contributed by atoms with Crippen molar-refractivity contribution in [1.29, 1.82) is 0 Å². The van der Waals surface area contributed by atoms with Crippen LogP contribution in [-0.2, 0) is 6.42 Å². The van der Waals surface area contributed by atoms with Gasteiger partial charge in [0, 0.05) is 29.4 Å². The molecule has 2 aromatic rings. The van der Waals surface area contributed by atoms with E-state index in [-0.39, 0.29) is 11.6 Å². The maximum Gasteiger partial charge on any atom is 0.164 e. The van der Waals surface area contributed by atoms with Crippen LogP contribution in [0.25, 0.3) is 5.69 Å². The van der Waals surface area contributed by atoms with Gasteiger partial charge in [-0.05, 0) is 38.0 Å². The number of aryl methyl sites for hydroxylation is 1. The number of halogens is 1. The van der Waals surface area contributed by atoms with Gasteiger partial charge in [0.05, 0.1) is 12.8 Å². The molecule has 0 saturated carbocycles. The number of nitrogens with zero attached hydrogens (tertiary/aromatic N) is 1. The first kappa shape index (κ1) is 12.9. The smallest absolute Gasteiger partial charge is 0.164 e. The maximum absolute atomic E-state index is 13.3. The number of hydrogen-bond acceptors (Lipinski definition) is 2. The molecule has 1 aliphatic rings. The third kappa shape index (κ3) is 1.92. The summed E-state index contributed by atoms with van der Waals surface area (Å²) < 4.78 is 20.6. The van der Waals surface area contributed by atoms with Crippen LogP contribution in [0.4, 0.5) is 4.39 Å². The van der Waals surface area contributed by atoms with E-state index in [1.807, 2.05) is 17.6 Å². The number of fused-ring (bicyclic) bond motifs is 1. The molecule has 0 bridgehead atoms. The summed E-state index contributed by atoms with van der Waals surface area (Å²) in [6.07, 6.45) is 2.32. The van der Waals surface area contributed by atoms with Crippen LogP contribution >= 0.6 is 0 Å². The van der Waals surface area contributed by atoms with Crippen LogP contribution in [0.15, 0.2) is 24.3 Å². The summed E-state index contributed by atoms with van der Waals surface area (Å²) in [7, 11) is 1.52. The Morgan fingerprint density at radius 2 is 2.05 bits per heavy atom. The summed E-state index contributed by atoms with van der Waals surface area (Å²) >= 11 is 0. The van der Waals surface area contributed by atoms with Gasteiger partial charge in [-0.1, -0.05) is 0 Å². The molecule has 1 aromatic heterocycles. The van der Waals surface area contributed by atoms with E-state index >= 15 is 0 Å². The first-order valence-corrected chi connectivity index (χ1v) is 6.70.